The van der Waals surface area contributed by atoms with Crippen LogP contribution in [0.25, 0.3) is 0 Å². The highest BCUT2D eigenvalue weighted by Crippen LogP contribution is 2.29. The van der Waals surface area contributed by atoms with Crippen LogP contribution in [0.5, 0.6) is 0 Å². The highest BCUT2D eigenvalue weighted by atomic mass is 19.4. The molecule has 2 aromatic rings. The van der Waals surface area contributed by atoms with Gasteiger partial charge in [0.05, 0.1) is 23.1 Å². The van der Waals surface area contributed by atoms with Crippen LogP contribution < -0.4 is 10.7 Å². The largest absolute Gasteiger partial charge is 0.417 e. The van der Waals surface area contributed by atoms with Crippen molar-refractivity contribution in [3.05, 3.63) is 65.4 Å². The van der Waals surface area contributed by atoms with Crippen molar-refractivity contribution in [2.75, 3.05) is 5.32 Å². The molecule has 10 heteroatoms. The van der Waals surface area contributed by atoms with Gasteiger partial charge < -0.3 is 5.32 Å². The number of rotatable bonds is 7. The van der Waals surface area contributed by atoms with Crippen molar-refractivity contribution in [1.29, 1.82) is 0 Å². The van der Waals surface area contributed by atoms with E-state index < -0.39 is 17.9 Å². The number of aromatic nitrogens is 2. The van der Waals surface area contributed by atoms with Gasteiger partial charge in [0.1, 0.15) is 5.69 Å². The summed E-state index contributed by atoms with van der Waals surface area (Å²) in [6.07, 6.45) is 2.36. The first-order valence-electron chi connectivity index (χ1n) is 9.60. The lowest BCUT2D eigenvalue weighted by atomic mass is 10.2. The van der Waals surface area contributed by atoms with E-state index in [-0.39, 0.29) is 11.5 Å². The second kappa shape index (κ2) is 9.47. The van der Waals surface area contributed by atoms with Gasteiger partial charge >= 0.3 is 6.18 Å². The van der Waals surface area contributed by atoms with Gasteiger partial charge in [-0.1, -0.05) is 26.3 Å². The zero-order chi connectivity index (χ0) is 21.6. The molecule has 3 rings (SSSR count). The fourth-order valence-electron chi connectivity index (χ4n) is 2.77. The molecule has 30 heavy (non-hydrogen) atoms. The van der Waals surface area contributed by atoms with Crippen LogP contribution in [0.3, 0.4) is 0 Å². The van der Waals surface area contributed by atoms with Crippen LogP contribution in [0.15, 0.2) is 63.8 Å². The van der Waals surface area contributed by atoms with Crippen molar-refractivity contribution < 1.29 is 13.2 Å². The predicted molar refractivity (Wildman–Crippen MR) is 108 cm³/mol. The summed E-state index contributed by atoms with van der Waals surface area (Å²) < 4.78 is 37.9. The first kappa shape index (κ1) is 21.4. The number of alkyl halides is 3. The highest BCUT2D eigenvalue weighted by Gasteiger charge is 2.31. The molecule has 2 N–H and O–H groups in total. The second-order valence-corrected chi connectivity index (χ2v) is 6.60. The molecule has 0 bridgehead atoms. The van der Waals surface area contributed by atoms with Crippen molar-refractivity contribution in [3.63, 3.8) is 0 Å². The molecular formula is C20H22F3N7. The van der Waals surface area contributed by atoms with Crippen molar-refractivity contribution in [1.82, 2.24) is 15.4 Å². The molecule has 1 atom stereocenters. The van der Waals surface area contributed by atoms with Crippen LogP contribution in [0, 0.1) is 0 Å². The third-order valence-corrected chi connectivity index (χ3v) is 4.22. The van der Waals surface area contributed by atoms with Gasteiger partial charge in [0.15, 0.2) is 6.17 Å². The lowest BCUT2D eigenvalue weighted by molar-refractivity contribution is -0.137. The van der Waals surface area contributed by atoms with E-state index in [1.165, 1.54) is 6.07 Å². The number of hydrogen-bond donors (Lipinski definition) is 2. The molecule has 1 aliphatic rings. The average Bonchev–Trinajstić information content (AvgIpc) is 2.74. The summed E-state index contributed by atoms with van der Waals surface area (Å²) in [5, 5.41) is 15.6. The number of nitrogens with zero attached hydrogens (tertiary/aromatic N) is 5. The number of hydrazone groups is 1. The number of allylic oxidation sites excluding steroid dienone is 2. The lowest BCUT2D eigenvalue weighted by Gasteiger charge is -2.16. The van der Waals surface area contributed by atoms with Gasteiger partial charge in [0.25, 0.3) is 0 Å². The minimum absolute atomic E-state index is 0.280. The van der Waals surface area contributed by atoms with Crippen molar-refractivity contribution >= 4 is 11.5 Å². The van der Waals surface area contributed by atoms with E-state index in [4.69, 9.17) is 0 Å². The molecule has 0 saturated carbocycles. The number of nitrogens with one attached hydrogen (secondary N) is 2. The Hall–Kier alpha value is -3.30. The highest BCUT2D eigenvalue weighted by molar-refractivity contribution is 5.97. The van der Waals surface area contributed by atoms with Gasteiger partial charge in [-0.2, -0.15) is 23.4 Å². The molecule has 0 aliphatic carbocycles. The fourth-order valence-corrected chi connectivity index (χ4v) is 2.77. The molecule has 0 radical (unpaired) electrons. The van der Waals surface area contributed by atoms with E-state index >= 15 is 0 Å². The molecule has 0 fully saturated rings. The Morgan fingerprint density at radius 3 is 2.50 bits per heavy atom. The van der Waals surface area contributed by atoms with Gasteiger partial charge in [0, 0.05) is 11.9 Å². The lowest BCUT2D eigenvalue weighted by Crippen LogP contribution is -2.21. The Bertz CT molecular complexity index is 932. The van der Waals surface area contributed by atoms with Crippen molar-refractivity contribution in [3.8, 4) is 0 Å². The van der Waals surface area contributed by atoms with E-state index in [9.17, 15) is 13.2 Å². The van der Waals surface area contributed by atoms with Crippen LogP contribution in [0.4, 0.5) is 18.9 Å². The molecule has 0 amide bonds. The van der Waals surface area contributed by atoms with Crippen molar-refractivity contribution in [2.24, 2.45) is 15.3 Å². The smallest absolute Gasteiger partial charge is 0.358 e. The van der Waals surface area contributed by atoms with Crippen LogP contribution in [0.1, 0.15) is 56.2 Å². The third kappa shape index (κ3) is 5.40. The van der Waals surface area contributed by atoms with Gasteiger partial charge in [-0.05, 0) is 37.1 Å². The molecule has 0 aromatic carbocycles. The van der Waals surface area contributed by atoms with E-state index in [0.717, 1.165) is 42.9 Å². The molecular weight excluding hydrogens is 395 g/mol. The Morgan fingerprint density at radius 1 is 1.13 bits per heavy atom. The van der Waals surface area contributed by atoms with Crippen molar-refractivity contribution in [2.45, 2.75) is 45.5 Å². The van der Waals surface area contributed by atoms with Gasteiger partial charge in [-0.25, -0.2) is 0 Å². The van der Waals surface area contributed by atoms with E-state index in [1.807, 2.05) is 6.07 Å². The molecule has 158 valence electrons. The van der Waals surface area contributed by atoms with Gasteiger partial charge in [-0.3, -0.25) is 15.4 Å². The molecule has 1 aliphatic heterocycles. The predicted octanol–water partition coefficient (Wildman–Crippen LogP) is 5.42. The average molecular weight is 417 g/mol. The molecule has 3 heterocycles. The quantitative estimate of drug-likeness (QED) is 0.630. The Morgan fingerprint density at radius 2 is 1.97 bits per heavy atom. The number of hydrogen-bond acceptors (Lipinski definition) is 7. The summed E-state index contributed by atoms with van der Waals surface area (Å²) in [6, 6.07) is 5.85. The first-order valence-corrected chi connectivity index (χ1v) is 9.60. The first-order chi connectivity index (χ1) is 14.4. The van der Waals surface area contributed by atoms with Crippen LogP contribution >= 0.6 is 0 Å². The van der Waals surface area contributed by atoms with E-state index in [2.05, 4.69) is 56.0 Å². The number of pyridine rings is 2. The summed E-state index contributed by atoms with van der Waals surface area (Å²) in [5.41, 5.74) is 4.74. The number of amidine groups is 1. The molecule has 0 saturated heterocycles. The van der Waals surface area contributed by atoms with E-state index in [1.54, 1.807) is 12.3 Å². The maximum Gasteiger partial charge on any atom is 0.417 e. The summed E-state index contributed by atoms with van der Waals surface area (Å²) in [6.45, 7) is 4.21. The zero-order valence-corrected chi connectivity index (χ0v) is 16.6. The third-order valence-electron chi connectivity index (χ3n) is 4.22. The summed E-state index contributed by atoms with van der Waals surface area (Å²) in [7, 11) is 0. The van der Waals surface area contributed by atoms with Gasteiger partial charge in [0.2, 0.25) is 5.84 Å². The van der Waals surface area contributed by atoms with Crippen LogP contribution in [-0.2, 0) is 6.18 Å². The SMILES string of the molecule is CC/C=C(/CCC)Nc1ccc(C2=NNC(c3ccc(C(F)(F)F)cn3)N=N2)nc1. The molecule has 1 unspecified atom stereocenters. The standard InChI is InChI=1S/C20H22F3N7/c1-3-5-14(6-4-2)26-15-8-10-17(25-12-15)19-29-27-18(28-30-19)16-9-7-13(11-24-16)20(21,22)23/h5,7-12,18,26-27H,3-4,6H2,1-2H3/b14-5-. The second-order valence-electron chi connectivity index (χ2n) is 6.60. The fraction of sp³-hybridized carbons (Fsp3) is 0.350. The minimum atomic E-state index is -4.44. The summed E-state index contributed by atoms with van der Waals surface area (Å²) in [4.78, 5) is 8.16. The topological polar surface area (TPSA) is 86.9 Å². The van der Waals surface area contributed by atoms with Crippen LogP contribution in [-0.4, -0.2) is 15.8 Å². The summed E-state index contributed by atoms with van der Waals surface area (Å²) in [5.74, 6) is 0.280. The zero-order valence-electron chi connectivity index (χ0n) is 16.6. The van der Waals surface area contributed by atoms with Gasteiger partial charge in [-0.15, -0.1) is 5.11 Å². The Kier molecular flexibility index (Phi) is 6.76. The monoisotopic (exact) mass is 417 g/mol. The summed E-state index contributed by atoms with van der Waals surface area (Å²) >= 11 is 0. The normalized spacial score (nSPS) is 16.8. The molecule has 7 nitrogen and oxygen atoms in total. The Labute approximate surface area is 172 Å². The maximum absolute atomic E-state index is 12.6. The van der Waals surface area contributed by atoms with E-state index in [0.29, 0.717) is 5.69 Å². The Balaban J connectivity index is 1.64. The number of halogens is 3. The van der Waals surface area contributed by atoms with Crippen LogP contribution in [0.2, 0.25) is 0 Å². The maximum atomic E-state index is 12.6. The molecule has 2 aromatic heterocycles. The molecule has 0 spiro atoms. The minimum Gasteiger partial charge on any atom is -0.358 e. The number of azo groups is 1. The number of anilines is 1.